The standard InChI is InChI=1S/C40H52F4N6O9S/c1-20-26-19-50(27(20)31(51)48-39(18-23(39)30(41)42)34(53)49-60(55,56)37(5)14-15-37)33(52)29(36(2,3)4)47-35(54)59-38(6)17-21(38)10-8-9-13-40(43,44)28-32(58-26)46-25-16-22(57-7)11-12-24(25)45-28/h11-12,16,20-21,23,26-27,29-30H,8-10,13-15,17-19H2,1-7H3,(H,47,54)(H,48,51)(H,49,53)/t20-,21+,23+,26+,27+,29-,38+,39-/m1/s1. The van der Waals surface area contributed by atoms with Crippen LogP contribution in [0.2, 0.25) is 0 Å². The van der Waals surface area contributed by atoms with Crippen molar-refractivity contribution >= 4 is 44.9 Å². The number of hydrogen-bond donors (Lipinski definition) is 3. The van der Waals surface area contributed by atoms with Gasteiger partial charge in [-0.2, -0.15) is 8.78 Å². The molecule has 0 spiro atoms. The summed E-state index contributed by atoms with van der Waals surface area (Å²) >= 11 is 0. The second kappa shape index (κ2) is 14.9. The molecule has 330 valence electrons. The number of ether oxygens (including phenoxy) is 3. The van der Waals surface area contributed by atoms with Crippen LogP contribution in [0.4, 0.5) is 22.4 Å². The van der Waals surface area contributed by atoms with Crippen LogP contribution in [0.5, 0.6) is 11.6 Å². The molecule has 7 rings (SSSR count). The third-order valence-electron chi connectivity index (χ3n) is 13.0. The topological polar surface area (TPSA) is 195 Å². The highest BCUT2D eigenvalue weighted by Crippen LogP contribution is 2.51. The quantitative estimate of drug-likeness (QED) is 0.319. The highest BCUT2D eigenvalue weighted by molar-refractivity contribution is 7.91. The van der Waals surface area contributed by atoms with Crippen molar-refractivity contribution in [2.24, 2.45) is 23.2 Å². The van der Waals surface area contributed by atoms with Gasteiger partial charge in [-0.15, -0.1) is 0 Å². The van der Waals surface area contributed by atoms with E-state index in [1.807, 2.05) is 4.72 Å². The molecule has 3 aliphatic carbocycles. The predicted molar refractivity (Wildman–Crippen MR) is 207 cm³/mol. The molecule has 4 amide bonds. The van der Waals surface area contributed by atoms with Crippen LogP contribution in [0, 0.1) is 23.2 Å². The van der Waals surface area contributed by atoms with E-state index in [9.17, 15) is 36.4 Å². The van der Waals surface area contributed by atoms with E-state index in [1.165, 1.54) is 33.1 Å². The average Bonchev–Trinajstić information content (AvgIpc) is 4.11. The Morgan fingerprint density at radius 3 is 2.37 bits per heavy atom. The molecule has 20 heteroatoms. The fourth-order valence-electron chi connectivity index (χ4n) is 8.44. The van der Waals surface area contributed by atoms with Crippen molar-refractivity contribution in [3.63, 3.8) is 0 Å². The van der Waals surface area contributed by atoms with E-state index in [4.69, 9.17) is 14.2 Å². The van der Waals surface area contributed by atoms with Gasteiger partial charge in [0, 0.05) is 24.3 Å². The molecule has 4 fully saturated rings. The van der Waals surface area contributed by atoms with Gasteiger partial charge in [0.15, 0.2) is 5.69 Å². The SMILES string of the molecule is COc1ccc2nc3c(nc2c1)O[C@H]1CN(C(=O)[C@H](C(C)(C)C)NC(=O)O[C@@]2(C)C[C@@H]2CCCCC3(F)F)[C@H](C(=O)N[C@]2(C(=O)NS(=O)(=O)C3(C)CC3)C[C@H]2C(F)F)[C@@H]1C. The summed E-state index contributed by atoms with van der Waals surface area (Å²) < 4.78 is 105. The van der Waals surface area contributed by atoms with Gasteiger partial charge in [0.05, 0.1) is 35.4 Å². The molecule has 60 heavy (non-hydrogen) atoms. The van der Waals surface area contributed by atoms with Crippen LogP contribution in [0.3, 0.4) is 0 Å². The molecule has 1 aromatic carbocycles. The summed E-state index contributed by atoms with van der Waals surface area (Å²) in [5.41, 5.74) is -4.77. The molecule has 0 unspecified atom stereocenters. The Morgan fingerprint density at radius 2 is 1.75 bits per heavy atom. The minimum Gasteiger partial charge on any atom is -0.497 e. The molecule has 1 aromatic heterocycles. The average molecular weight is 869 g/mol. The number of benzene rings is 1. The second-order valence-electron chi connectivity index (χ2n) is 18.7. The van der Waals surface area contributed by atoms with E-state index < -0.39 is 128 Å². The maximum absolute atomic E-state index is 16.3. The van der Waals surface area contributed by atoms with Crippen molar-refractivity contribution in [2.75, 3.05) is 13.7 Å². The zero-order valence-corrected chi connectivity index (χ0v) is 35.4. The summed E-state index contributed by atoms with van der Waals surface area (Å²) in [5, 5.41) is 5.04. The van der Waals surface area contributed by atoms with Crippen LogP contribution in [0.15, 0.2) is 18.2 Å². The van der Waals surface area contributed by atoms with Crippen LogP contribution < -0.4 is 24.8 Å². The van der Waals surface area contributed by atoms with Gasteiger partial charge in [0.2, 0.25) is 34.1 Å². The predicted octanol–water partition coefficient (Wildman–Crippen LogP) is 4.96. The molecule has 1 saturated heterocycles. The number of sulfonamides is 1. The summed E-state index contributed by atoms with van der Waals surface area (Å²) in [6, 6.07) is 1.53. The number of carbonyl (C=O) groups is 4. The van der Waals surface area contributed by atoms with Crippen LogP contribution in [0.25, 0.3) is 11.0 Å². The van der Waals surface area contributed by atoms with Gasteiger partial charge in [-0.05, 0) is 69.9 Å². The Morgan fingerprint density at radius 1 is 1.05 bits per heavy atom. The van der Waals surface area contributed by atoms with Gasteiger partial charge >= 0.3 is 6.09 Å². The van der Waals surface area contributed by atoms with Gasteiger partial charge in [0.25, 0.3) is 11.8 Å². The Labute approximate surface area is 345 Å². The lowest BCUT2D eigenvalue weighted by Crippen LogP contribution is -2.61. The maximum Gasteiger partial charge on any atom is 0.408 e. The van der Waals surface area contributed by atoms with Crippen molar-refractivity contribution in [1.82, 2.24) is 30.2 Å². The van der Waals surface area contributed by atoms with E-state index in [-0.39, 0.29) is 36.2 Å². The van der Waals surface area contributed by atoms with E-state index >= 15 is 8.78 Å². The smallest absolute Gasteiger partial charge is 0.408 e. The van der Waals surface area contributed by atoms with Crippen LogP contribution >= 0.6 is 0 Å². The Balaban J connectivity index is 1.29. The zero-order valence-electron chi connectivity index (χ0n) is 34.6. The minimum atomic E-state index is -4.31. The largest absolute Gasteiger partial charge is 0.497 e. The van der Waals surface area contributed by atoms with E-state index in [1.54, 1.807) is 33.8 Å². The first-order valence-electron chi connectivity index (χ1n) is 20.2. The van der Waals surface area contributed by atoms with E-state index in [0.717, 1.165) is 4.90 Å². The third kappa shape index (κ3) is 8.03. The van der Waals surface area contributed by atoms with Crippen LogP contribution in [0.1, 0.15) is 98.6 Å². The number of amides is 4. The molecule has 5 aliphatic rings. The van der Waals surface area contributed by atoms with Gasteiger partial charge in [-0.25, -0.2) is 32.0 Å². The number of rotatable bonds is 7. The molecule has 3 N–H and O–H groups in total. The Bertz CT molecular complexity index is 2200. The van der Waals surface area contributed by atoms with Crippen molar-refractivity contribution in [1.29, 1.82) is 0 Å². The lowest BCUT2D eigenvalue weighted by atomic mass is 9.85. The fourth-order valence-corrected chi connectivity index (χ4v) is 9.75. The number of alkyl carbamates (subject to hydrolysis) is 1. The number of nitrogens with zero attached hydrogens (tertiary/aromatic N) is 3. The van der Waals surface area contributed by atoms with Crippen LogP contribution in [-0.2, 0) is 35.1 Å². The molecular formula is C40H52F4N6O9S. The summed E-state index contributed by atoms with van der Waals surface area (Å²) in [6.45, 7) is 9.14. The summed E-state index contributed by atoms with van der Waals surface area (Å²) in [4.78, 5) is 66.2. The van der Waals surface area contributed by atoms with Crippen molar-refractivity contribution in [3.8, 4) is 11.6 Å². The number of carbonyl (C=O) groups excluding carboxylic acids is 4. The molecule has 0 radical (unpaired) electrons. The third-order valence-corrected chi connectivity index (χ3v) is 15.2. The lowest BCUT2D eigenvalue weighted by Gasteiger charge is -2.36. The first-order chi connectivity index (χ1) is 27.8. The van der Waals surface area contributed by atoms with Gasteiger partial charge in [0.1, 0.15) is 35.1 Å². The molecule has 2 aromatic rings. The second-order valence-corrected chi connectivity index (χ2v) is 20.9. The van der Waals surface area contributed by atoms with E-state index in [0.29, 0.717) is 25.0 Å². The number of fused-ring (bicyclic) bond motifs is 5. The fraction of sp³-hybridized carbons (Fsp3) is 0.700. The highest BCUT2D eigenvalue weighted by Gasteiger charge is 2.68. The van der Waals surface area contributed by atoms with Gasteiger partial charge < -0.3 is 29.7 Å². The molecule has 2 bridgehead atoms. The monoisotopic (exact) mass is 868 g/mol. The summed E-state index contributed by atoms with van der Waals surface area (Å²) in [6.07, 6.45) is -4.62. The molecule has 3 saturated carbocycles. The molecule has 3 heterocycles. The highest BCUT2D eigenvalue weighted by atomic mass is 32.2. The summed E-state index contributed by atoms with van der Waals surface area (Å²) in [7, 11) is -2.90. The lowest BCUT2D eigenvalue weighted by molar-refractivity contribution is -0.143. The molecular weight excluding hydrogens is 817 g/mol. The number of alkyl halides is 4. The number of halogens is 4. The zero-order chi connectivity index (χ0) is 44.0. The van der Waals surface area contributed by atoms with Crippen LogP contribution in [-0.4, -0.2) is 101 Å². The number of hydrogen-bond acceptors (Lipinski definition) is 11. The number of methoxy groups -OCH3 is 1. The maximum atomic E-state index is 16.3. The summed E-state index contributed by atoms with van der Waals surface area (Å²) in [5.74, 6) is -10.0. The normalized spacial score (nSPS) is 32.6. The number of aromatic nitrogens is 2. The minimum absolute atomic E-state index is 0.0828. The van der Waals surface area contributed by atoms with Gasteiger partial charge in [-0.3, -0.25) is 19.1 Å². The van der Waals surface area contributed by atoms with Gasteiger partial charge in [-0.1, -0.05) is 34.1 Å². The van der Waals surface area contributed by atoms with Crippen molar-refractivity contribution in [3.05, 3.63) is 23.9 Å². The molecule has 15 nitrogen and oxygen atoms in total. The Hall–Kier alpha value is -4.49. The Kier molecular flexibility index (Phi) is 10.8. The first kappa shape index (κ1) is 43.6. The number of nitrogens with one attached hydrogen (secondary N) is 3. The molecule has 2 aliphatic heterocycles. The van der Waals surface area contributed by atoms with Crippen molar-refractivity contribution < 1.29 is 59.4 Å². The molecule has 8 atom stereocenters. The van der Waals surface area contributed by atoms with Crippen molar-refractivity contribution in [2.45, 2.75) is 139 Å². The first-order valence-corrected chi connectivity index (χ1v) is 21.7. The van der Waals surface area contributed by atoms with E-state index in [2.05, 4.69) is 20.6 Å².